The number of carbonyl (C=O) groups excluding carboxylic acids is 1. The molecule has 5 nitrogen and oxygen atoms in total. The van der Waals surface area contributed by atoms with Crippen LogP contribution in [0.15, 0.2) is 48.0 Å². The van der Waals surface area contributed by atoms with Crippen LogP contribution in [0, 0.1) is 19.3 Å². The van der Waals surface area contributed by atoms with Gasteiger partial charge in [-0.1, -0.05) is 42.0 Å². The lowest BCUT2D eigenvalue weighted by atomic mass is 9.63. The second-order valence-corrected chi connectivity index (χ2v) is 6.84. The highest BCUT2D eigenvalue weighted by Gasteiger charge is 2.54. The minimum Gasteiger partial charge on any atom is -0.480 e. The number of hydrogen-bond acceptors (Lipinski definition) is 3. The lowest BCUT2D eigenvalue weighted by Gasteiger charge is -2.38. The largest absolute Gasteiger partial charge is 0.480 e. The molecule has 3 rings (SSSR count). The molecule has 1 aliphatic carbocycles. The van der Waals surface area contributed by atoms with Crippen molar-refractivity contribution < 1.29 is 14.7 Å². The summed E-state index contributed by atoms with van der Waals surface area (Å²) in [7, 11) is 0. The number of aliphatic carboxylic acids is 1. The van der Waals surface area contributed by atoms with Crippen LogP contribution in [0.2, 0.25) is 0 Å². The fraction of sp³-hybridized carbons (Fsp3) is 0.350. The van der Waals surface area contributed by atoms with Crippen molar-refractivity contribution in [1.82, 2.24) is 9.78 Å². The van der Waals surface area contributed by atoms with Crippen LogP contribution in [-0.4, -0.2) is 26.8 Å². The Kier molecular flexibility index (Phi) is 4.33. The van der Waals surface area contributed by atoms with Crippen LogP contribution < -0.4 is 0 Å². The van der Waals surface area contributed by atoms with Gasteiger partial charge in [-0.3, -0.25) is 9.59 Å². The first-order chi connectivity index (χ1) is 11.9. The molecule has 1 aliphatic rings. The highest BCUT2D eigenvalue weighted by molar-refractivity contribution is 6.04. The molecular formula is C20H22N2O3. The maximum atomic E-state index is 13.4. The number of nitrogens with zero attached hydrogens (tertiary/aromatic N) is 2. The lowest BCUT2D eigenvalue weighted by molar-refractivity contribution is -0.147. The third-order valence-corrected chi connectivity index (χ3v) is 5.06. The van der Waals surface area contributed by atoms with E-state index < -0.39 is 23.2 Å². The van der Waals surface area contributed by atoms with Crippen LogP contribution in [-0.2, 0) is 4.79 Å². The van der Waals surface area contributed by atoms with Crippen LogP contribution in [0.1, 0.15) is 47.4 Å². The third kappa shape index (κ3) is 2.80. The molecule has 0 radical (unpaired) electrons. The maximum Gasteiger partial charge on any atom is 0.320 e. The zero-order chi connectivity index (χ0) is 18.2. The van der Waals surface area contributed by atoms with Crippen molar-refractivity contribution in [3.63, 3.8) is 0 Å². The number of aryl methyl sites for hydroxylation is 2. The molecule has 2 aromatic rings. The second kappa shape index (κ2) is 6.31. The van der Waals surface area contributed by atoms with Gasteiger partial charge in [-0.2, -0.15) is 5.10 Å². The Labute approximate surface area is 147 Å². The summed E-state index contributed by atoms with van der Waals surface area (Å²) in [5.41, 5.74) is 1.77. The van der Waals surface area contributed by atoms with Crippen LogP contribution in [0.3, 0.4) is 0 Å². The van der Waals surface area contributed by atoms with E-state index in [1.54, 1.807) is 19.9 Å². The topological polar surface area (TPSA) is 72.2 Å². The molecule has 2 atom stereocenters. The highest BCUT2D eigenvalue weighted by atomic mass is 16.4. The van der Waals surface area contributed by atoms with Gasteiger partial charge in [0.15, 0.2) is 5.41 Å². The molecule has 1 N–H and O–H groups in total. The maximum absolute atomic E-state index is 13.4. The number of carboxylic acid groups (broad SMARTS) is 1. The molecule has 130 valence electrons. The predicted molar refractivity (Wildman–Crippen MR) is 94.6 cm³/mol. The Bertz CT molecular complexity index is 851. The normalized spacial score (nSPS) is 23.2. The van der Waals surface area contributed by atoms with E-state index in [1.165, 1.54) is 4.68 Å². The number of carbonyl (C=O) groups is 2. The van der Waals surface area contributed by atoms with Crippen molar-refractivity contribution in [3.05, 3.63) is 65.0 Å². The smallest absolute Gasteiger partial charge is 0.320 e. The zero-order valence-corrected chi connectivity index (χ0v) is 14.7. The van der Waals surface area contributed by atoms with Gasteiger partial charge in [0.05, 0.1) is 5.69 Å². The molecular weight excluding hydrogens is 316 g/mol. The van der Waals surface area contributed by atoms with E-state index in [2.05, 4.69) is 5.10 Å². The molecule has 0 bridgehead atoms. The number of carboxylic acids is 1. The van der Waals surface area contributed by atoms with E-state index in [1.807, 2.05) is 43.3 Å². The fourth-order valence-electron chi connectivity index (χ4n) is 3.73. The molecule has 0 amide bonds. The van der Waals surface area contributed by atoms with Gasteiger partial charge in [0, 0.05) is 11.6 Å². The van der Waals surface area contributed by atoms with Gasteiger partial charge in [0.25, 0.3) is 5.91 Å². The minimum absolute atomic E-state index is 0.172. The molecule has 0 spiro atoms. The molecule has 1 aromatic carbocycles. The summed E-state index contributed by atoms with van der Waals surface area (Å²) in [6.45, 7) is 5.55. The number of benzene rings is 1. The SMILES string of the molecule is CC1=CCC(C(=O)O)(C(=O)n2nc(C)cc2C)C(c2ccccc2)C1. The molecule has 2 unspecified atom stereocenters. The fourth-order valence-corrected chi connectivity index (χ4v) is 3.73. The quantitative estimate of drug-likeness (QED) is 0.683. The molecule has 0 aliphatic heterocycles. The summed E-state index contributed by atoms with van der Waals surface area (Å²) in [4.78, 5) is 25.8. The second-order valence-electron chi connectivity index (χ2n) is 6.84. The Morgan fingerprint density at radius 1 is 1.20 bits per heavy atom. The monoisotopic (exact) mass is 338 g/mol. The summed E-state index contributed by atoms with van der Waals surface area (Å²) >= 11 is 0. The number of aromatic nitrogens is 2. The summed E-state index contributed by atoms with van der Waals surface area (Å²) < 4.78 is 1.26. The zero-order valence-electron chi connectivity index (χ0n) is 14.7. The molecule has 5 heteroatoms. The standard InChI is InChI=1S/C20H22N2O3/c1-13-9-10-20(19(24)25,17(11-13)16-7-5-4-6-8-16)18(23)22-15(3)12-14(2)21-22/h4-9,12,17H,10-11H2,1-3H3,(H,24,25). The summed E-state index contributed by atoms with van der Waals surface area (Å²) in [6, 6.07) is 11.2. The summed E-state index contributed by atoms with van der Waals surface area (Å²) in [5.74, 6) is -1.99. The molecule has 1 heterocycles. The van der Waals surface area contributed by atoms with Gasteiger partial charge in [-0.25, -0.2) is 4.68 Å². The van der Waals surface area contributed by atoms with Crippen molar-refractivity contribution in [2.24, 2.45) is 5.41 Å². The molecule has 0 fully saturated rings. The van der Waals surface area contributed by atoms with Crippen LogP contribution in [0.25, 0.3) is 0 Å². The molecule has 0 saturated heterocycles. The molecule has 0 saturated carbocycles. The third-order valence-electron chi connectivity index (χ3n) is 5.06. The molecule has 25 heavy (non-hydrogen) atoms. The first-order valence-electron chi connectivity index (χ1n) is 8.38. The number of allylic oxidation sites excluding steroid dienone is 2. The van der Waals surface area contributed by atoms with Crippen LogP contribution >= 0.6 is 0 Å². The van der Waals surface area contributed by atoms with Crippen LogP contribution in [0.4, 0.5) is 0 Å². The van der Waals surface area contributed by atoms with E-state index in [0.717, 1.165) is 11.1 Å². The Balaban J connectivity index is 2.18. The van der Waals surface area contributed by atoms with E-state index in [0.29, 0.717) is 17.8 Å². The molecule has 1 aromatic heterocycles. The van der Waals surface area contributed by atoms with Gasteiger partial charge in [0.1, 0.15) is 0 Å². The highest BCUT2D eigenvalue weighted by Crippen LogP contribution is 2.48. The van der Waals surface area contributed by atoms with Crippen molar-refractivity contribution in [1.29, 1.82) is 0 Å². The van der Waals surface area contributed by atoms with Crippen molar-refractivity contribution in [2.75, 3.05) is 0 Å². The van der Waals surface area contributed by atoms with Gasteiger partial charge in [0.2, 0.25) is 0 Å². The van der Waals surface area contributed by atoms with Crippen LogP contribution in [0.5, 0.6) is 0 Å². The predicted octanol–water partition coefficient (Wildman–Crippen LogP) is 3.74. The van der Waals surface area contributed by atoms with Crippen molar-refractivity contribution in [3.8, 4) is 0 Å². The Morgan fingerprint density at radius 3 is 2.44 bits per heavy atom. The average molecular weight is 338 g/mol. The van der Waals surface area contributed by atoms with Gasteiger partial charge < -0.3 is 5.11 Å². The van der Waals surface area contributed by atoms with E-state index >= 15 is 0 Å². The number of rotatable bonds is 3. The lowest BCUT2D eigenvalue weighted by Crippen LogP contribution is -2.48. The van der Waals surface area contributed by atoms with E-state index in [9.17, 15) is 14.7 Å². The van der Waals surface area contributed by atoms with Crippen molar-refractivity contribution in [2.45, 2.75) is 39.5 Å². The van der Waals surface area contributed by atoms with Gasteiger partial charge in [-0.15, -0.1) is 0 Å². The van der Waals surface area contributed by atoms with E-state index in [-0.39, 0.29) is 6.42 Å². The average Bonchev–Trinajstić information content (AvgIpc) is 2.93. The number of hydrogen-bond donors (Lipinski definition) is 1. The van der Waals surface area contributed by atoms with Gasteiger partial charge >= 0.3 is 5.97 Å². The first kappa shape index (κ1) is 17.1. The van der Waals surface area contributed by atoms with Gasteiger partial charge in [-0.05, 0) is 45.2 Å². The summed E-state index contributed by atoms with van der Waals surface area (Å²) in [6.07, 6.45) is 2.59. The minimum atomic E-state index is -1.55. The first-order valence-corrected chi connectivity index (χ1v) is 8.38. The Morgan fingerprint density at radius 2 is 1.88 bits per heavy atom. The van der Waals surface area contributed by atoms with Crippen molar-refractivity contribution >= 4 is 11.9 Å². The Hall–Kier alpha value is -2.69. The van der Waals surface area contributed by atoms with E-state index in [4.69, 9.17) is 0 Å². The summed E-state index contributed by atoms with van der Waals surface area (Å²) in [5, 5.41) is 14.4.